The van der Waals surface area contributed by atoms with E-state index in [1.54, 1.807) is 11.3 Å². The van der Waals surface area contributed by atoms with Gasteiger partial charge in [0.15, 0.2) is 0 Å². The number of hydrogen-bond acceptors (Lipinski definition) is 3. The molecule has 1 amide bonds. The summed E-state index contributed by atoms with van der Waals surface area (Å²) in [7, 11) is 0. The van der Waals surface area contributed by atoms with E-state index in [0.717, 1.165) is 13.0 Å². The zero-order valence-corrected chi connectivity index (χ0v) is 15.7. The highest BCUT2D eigenvalue weighted by Crippen LogP contribution is 2.48. The van der Waals surface area contributed by atoms with Gasteiger partial charge in [-0.05, 0) is 58.7 Å². The Bertz CT molecular complexity index is 565. The Morgan fingerprint density at radius 1 is 1.45 bits per heavy atom. The zero-order valence-electron chi connectivity index (χ0n) is 13.3. The SMILES string of the molecule is CC1(C)C(N)CC1CC(=O)NCC1(c2ccc(Br)s2)CCC1. The van der Waals surface area contributed by atoms with Gasteiger partial charge in [-0.2, -0.15) is 0 Å². The molecule has 2 fully saturated rings. The lowest BCUT2D eigenvalue weighted by Gasteiger charge is -2.50. The average molecular weight is 385 g/mol. The third-order valence-corrected chi connectivity index (χ3v) is 7.88. The van der Waals surface area contributed by atoms with E-state index in [-0.39, 0.29) is 22.8 Å². The van der Waals surface area contributed by atoms with Crippen molar-refractivity contribution in [3.63, 3.8) is 0 Å². The van der Waals surface area contributed by atoms with E-state index < -0.39 is 0 Å². The highest BCUT2D eigenvalue weighted by molar-refractivity contribution is 9.11. The first-order chi connectivity index (χ1) is 10.3. The van der Waals surface area contributed by atoms with Gasteiger partial charge >= 0.3 is 0 Å². The predicted molar refractivity (Wildman–Crippen MR) is 95.0 cm³/mol. The second-order valence-corrected chi connectivity index (χ2v) is 10.0. The van der Waals surface area contributed by atoms with Crippen LogP contribution in [0.3, 0.4) is 0 Å². The lowest BCUT2D eigenvalue weighted by atomic mass is 9.58. The van der Waals surface area contributed by atoms with Crippen LogP contribution in [-0.2, 0) is 10.2 Å². The molecule has 5 heteroatoms. The van der Waals surface area contributed by atoms with Crippen LogP contribution in [0, 0.1) is 11.3 Å². The Labute approximate surface area is 145 Å². The molecule has 2 atom stereocenters. The number of nitrogens with one attached hydrogen (secondary N) is 1. The molecule has 1 heterocycles. The molecular formula is C17H25BrN2OS. The van der Waals surface area contributed by atoms with Gasteiger partial charge in [0.1, 0.15) is 0 Å². The van der Waals surface area contributed by atoms with Crippen molar-refractivity contribution < 1.29 is 4.79 Å². The molecule has 3 rings (SSSR count). The minimum absolute atomic E-state index is 0.101. The van der Waals surface area contributed by atoms with Crippen molar-refractivity contribution >= 4 is 33.2 Å². The van der Waals surface area contributed by atoms with E-state index >= 15 is 0 Å². The standard InChI is InChI=1S/C17H25BrN2OS/c1-16(2)11(8-12(16)19)9-15(21)20-10-17(6-3-7-17)13-4-5-14(18)22-13/h4-5,11-12H,3,6-10,19H2,1-2H3,(H,20,21). The molecule has 2 saturated carbocycles. The van der Waals surface area contributed by atoms with E-state index in [1.165, 1.54) is 27.9 Å². The molecule has 0 saturated heterocycles. The van der Waals surface area contributed by atoms with E-state index in [2.05, 4.69) is 47.2 Å². The number of thiophene rings is 1. The molecule has 1 aromatic heterocycles. The number of rotatable bonds is 5. The largest absolute Gasteiger partial charge is 0.355 e. The van der Waals surface area contributed by atoms with Crippen molar-refractivity contribution in [3.8, 4) is 0 Å². The quantitative estimate of drug-likeness (QED) is 0.810. The molecule has 0 spiro atoms. The monoisotopic (exact) mass is 384 g/mol. The number of amides is 1. The first-order valence-electron chi connectivity index (χ1n) is 8.12. The minimum Gasteiger partial charge on any atom is -0.355 e. The van der Waals surface area contributed by atoms with E-state index in [4.69, 9.17) is 5.73 Å². The summed E-state index contributed by atoms with van der Waals surface area (Å²) >= 11 is 5.35. The molecule has 122 valence electrons. The number of halogens is 1. The van der Waals surface area contributed by atoms with Gasteiger partial charge in [-0.15, -0.1) is 11.3 Å². The Kier molecular flexibility index (Phi) is 4.43. The van der Waals surface area contributed by atoms with Crippen molar-refractivity contribution in [2.24, 2.45) is 17.1 Å². The minimum atomic E-state index is 0.101. The molecule has 3 N–H and O–H groups in total. The summed E-state index contributed by atoms with van der Waals surface area (Å²) in [6.45, 7) is 5.13. The Hall–Kier alpha value is -0.390. The third kappa shape index (κ3) is 2.87. The van der Waals surface area contributed by atoms with Crippen LogP contribution < -0.4 is 11.1 Å². The van der Waals surface area contributed by atoms with Crippen molar-refractivity contribution in [1.82, 2.24) is 5.32 Å². The molecular weight excluding hydrogens is 360 g/mol. The fourth-order valence-corrected chi connectivity index (χ4v) is 5.31. The van der Waals surface area contributed by atoms with Crippen LogP contribution in [0.2, 0.25) is 0 Å². The fourth-order valence-electron chi connectivity index (χ4n) is 3.68. The van der Waals surface area contributed by atoms with Crippen LogP contribution in [0.25, 0.3) is 0 Å². The molecule has 3 nitrogen and oxygen atoms in total. The maximum Gasteiger partial charge on any atom is 0.220 e. The van der Waals surface area contributed by atoms with Gasteiger partial charge in [0.05, 0.1) is 3.79 Å². The van der Waals surface area contributed by atoms with Crippen molar-refractivity contribution in [2.75, 3.05) is 6.54 Å². The zero-order chi connectivity index (χ0) is 16.0. The lowest BCUT2D eigenvalue weighted by Crippen LogP contribution is -2.55. The lowest BCUT2D eigenvalue weighted by molar-refractivity contribution is -0.125. The van der Waals surface area contributed by atoms with Crippen LogP contribution in [0.1, 0.15) is 50.8 Å². The molecule has 0 aromatic carbocycles. The highest BCUT2D eigenvalue weighted by atomic mass is 79.9. The summed E-state index contributed by atoms with van der Waals surface area (Å²) < 4.78 is 1.17. The number of carbonyl (C=O) groups is 1. The molecule has 0 bridgehead atoms. The summed E-state index contributed by atoms with van der Waals surface area (Å²) in [4.78, 5) is 13.7. The summed E-state index contributed by atoms with van der Waals surface area (Å²) in [5.41, 5.74) is 6.32. The van der Waals surface area contributed by atoms with E-state index in [9.17, 15) is 4.79 Å². The van der Waals surface area contributed by atoms with Crippen LogP contribution >= 0.6 is 27.3 Å². The summed E-state index contributed by atoms with van der Waals surface area (Å²) in [5, 5.41) is 3.20. The Morgan fingerprint density at radius 3 is 2.64 bits per heavy atom. The molecule has 1 aromatic rings. The Balaban J connectivity index is 1.54. The van der Waals surface area contributed by atoms with Crippen molar-refractivity contribution in [1.29, 1.82) is 0 Å². The van der Waals surface area contributed by atoms with Crippen molar-refractivity contribution in [3.05, 3.63) is 20.8 Å². The number of hydrogen-bond donors (Lipinski definition) is 2. The first kappa shape index (κ1) is 16.5. The molecule has 2 aliphatic rings. The van der Waals surface area contributed by atoms with Gasteiger partial charge in [-0.3, -0.25) is 4.79 Å². The maximum absolute atomic E-state index is 12.3. The highest BCUT2D eigenvalue weighted by Gasteiger charge is 2.47. The average Bonchev–Trinajstić information content (AvgIpc) is 2.84. The van der Waals surface area contributed by atoms with Gasteiger partial charge in [0, 0.05) is 29.3 Å². The maximum atomic E-state index is 12.3. The van der Waals surface area contributed by atoms with Crippen LogP contribution in [0.15, 0.2) is 15.9 Å². The first-order valence-corrected chi connectivity index (χ1v) is 9.72. The Morgan fingerprint density at radius 2 is 2.18 bits per heavy atom. The van der Waals surface area contributed by atoms with E-state index in [0.29, 0.717) is 12.3 Å². The van der Waals surface area contributed by atoms with Crippen LogP contribution in [0.5, 0.6) is 0 Å². The molecule has 2 aliphatic carbocycles. The summed E-state index contributed by atoms with van der Waals surface area (Å²) in [6, 6.07) is 4.56. The molecule has 0 aliphatic heterocycles. The van der Waals surface area contributed by atoms with Crippen LogP contribution in [-0.4, -0.2) is 18.5 Å². The summed E-state index contributed by atoms with van der Waals surface area (Å²) in [5.74, 6) is 0.614. The molecule has 2 unspecified atom stereocenters. The second-order valence-electron chi connectivity index (χ2n) is 7.58. The van der Waals surface area contributed by atoms with E-state index in [1.807, 2.05) is 0 Å². The molecule has 0 radical (unpaired) electrons. The van der Waals surface area contributed by atoms with Gasteiger partial charge in [0.2, 0.25) is 5.91 Å². The predicted octanol–water partition coefficient (Wildman–Crippen LogP) is 3.81. The normalized spacial score (nSPS) is 28.5. The van der Waals surface area contributed by atoms with Crippen molar-refractivity contribution in [2.45, 2.75) is 57.4 Å². The van der Waals surface area contributed by atoms with Gasteiger partial charge in [0.25, 0.3) is 0 Å². The smallest absolute Gasteiger partial charge is 0.220 e. The van der Waals surface area contributed by atoms with Gasteiger partial charge < -0.3 is 11.1 Å². The number of carbonyl (C=O) groups excluding carboxylic acids is 1. The summed E-state index contributed by atoms with van der Waals surface area (Å²) in [6.07, 6.45) is 5.21. The third-order valence-electron chi connectivity index (χ3n) is 6.01. The second kappa shape index (κ2) is 5.91. The fraction of sp³-hybridized carbons (Fsp3) is 0.706. The topological polar surface area (TPSA) is 55.1 Å². The van der Waals surface area contributed by atoms with Gasteiger partial charge in [-0.25, -0.2) is 0 Å². The number of nitrogens with two attached hydrogens (primary N) is 1. The van der Waals surface area contributed by atoms with Gasteiger partial charge in [-0.1, -0.05) is 20.3 Å². The molecule has 22 heavy (non-hydrogen) atoms. The van der Waals surface area contributed by atoms with Crippen LogP contribution in [0.4, 0.5) is 0 Å².